The van der Waals surface area contributed by atoms with Crippen LogP contribution < -0.4 is 5.32 Å². The topological polar surface area (TPSA) is 90.5 Å². The van der Waals surface area contributed by atoms with Crippen LogP contribution in [0.25, 0.3) is 0 Å². The second-order valence-corrected chi connectivity index (χ2v) is 7.02. The number of carbonyl (C=O) groups is 1. The van der Waals surface area contributed by atoms with Gasteiger partial charge in [0.05, 0.1) is 24.0 Å². The van der Waals surface area contributed by atoms with Crippen LogP contribution in [0.5, 0.6) is 0 Å². The van der Waals surface area contributed by atoms with Gasteiger partial charge in [0, 0.05) is 6.07 Å². The summed E-state index contributed by atoms with van der Waals surface area (Å²) < 4.78 is 3.77. The summed E-state index contributed by atoms with van der Waals surface area (Å²) in [5.41, 5.74) is 0. The van der Waals surface area contributed by atoms with Crippen LogP contribution in [-0.4, -0.2) is 41.6 Å². The average Bonchev–Trinajstić information content (AvgIpc) is 3.00. The van der Waals surface area contributed by atoms with E-state index in [1.807, 2.05) is 15.4 Å². The maximum atomic E-state index is 12.2. The summed E-state index contributed by atoms with van der Waals surface area (Å²) in [7, 11) is 0. The molecule has 8 nitrogen and oxygen atoms in total. The van der Waals surface area contributed by atoms with Crippen LogP contribution in [0.1, 0.15) is 50.6 Å². The zero-order valence-corrected chi connectivity index (χ0v) is 13.6. The molecule has 0 bridgehead atoms. The summed E-state index contributed by atoms with van der Waals surface area (Å²) in [4.78, 5) is 12.2. The molecule has 0 spiro atoms. The van der Waals surface area contributed by atoms with Crippen molar-refractivity contribution in [2.24, 2.45) is 0 Å². The molecule has 9 heteroatoms. The minimum absolute atomic E-state index is 0.0555. The lowest BCUT2D eigenvalue weighted by atomic mass is 10.2. The fourth-order valence-electron chi connectivity index (χ4n) is 2.99. The fourth-order valence-corrected chi connectivity index (χ4v) is 3.74. The van der Waals surface area contributed by atoms with E-state index in [-0.39, 0.29) is 5.91 Å². The molecule has 0 aliphatic heterocycles. The van der Waals surface area contributed by atoms with Crippen LogP contribution >= 0.6 is 11.8 Å². The third-order valence-corrected chi connectivity index (χ3v) is 5.23. The van der Waals surface area contributed by atoms with Gasteiger partial charge in [-0.3, -0.25) is 4.79 Å². The summed E-state index contributed by atoms with van der Waals surface area (Å²) in [6.45, 7) is 0. The van der Waals surface area contributed by atoms with Crippen LogP contribution in [0, 0.1) is 0 Å². The van der Waals surface area contributed by atoms with Gasteiger partial charge in [0.15, 0.2) is 0 Å². The molecule has 2 aromatic rings. The lowest BCUT2D eigenvalue weighted by Crippen LogP contribution is -2.19. The molecular weight excluding hydrogens is 314 g/mol. The Bertz CT molecular complexity index is 687. The van der Waals surface area contributed by atoms with Crippen LogP contribution in [0.2, 0.25) is 0 Å². The molecule has 122 valence electrons. The second kappa shape index (κ2) is 6.31. The van der Waals surface area contributed by atoms with Crippen LogP contribution in [0.4, 0.5) is 5.82 Å². The Morgan fingerprint density at radius 1 is 1.22 bits per heavy atom. The predicted octanol–water partition coefficient (Wildman–Crippen LogP) is 2.05. The first kappa shape index (κ1) is 14.7. The smallest absolute Gasteiger partial charge is 0.235 e. The number of anilines is 1. The molecule has 0 saturated heterocycles. The molecule has 2 heterocycles. The first-order valence-electron chi connectivity index (χ1n) is 8.05. The number of nitrogens with one attached hydrogen (secondary N) is 1. The van der Waals surface area contributed by atoms with Crippen molar-refractivity contribution in [3.8, 4) is 0 Å². The first-order valence-corrected chi connectivity index (χ1v) is 9.04. The highest BCUT2D eigenvalue weighted by Gasteiger charge is 2.28. The quantitative estimate of drug-likeness (QED) is 0.814. The Morgan fingerprint density at radius 2 is 2.00 bits per heavy atom. The maximum Gasteiger partial charge on any atom is 0.235 e. The Balaban J connectivity index is 1.35. The molecule has 0 aromatic carbocycles. The van der Waals surface area contributed by atoms with E-state index < -0.39 is 0 Å². The highest BCUT2D eigenvalue weighted by atomic mass is 32.2. The number of nitrogens with zero attached hydrogens (tertiary/aromatic N) is 6. The van der Waals surface area contributed by atoms with Crippen molar-refractivity contribution in [1.82, 2.24) is 30.0 Å². The van der Waals surface area contributed by atoms with Gasteiger partial charge in [0.25, 0.3) is 0 Å². The summed E-state index contributed by atoms with van der Waals surface area (Å²) in [5.74, 6) is 1.02. The number of hydrogen-bond acceptors (Lipinski definition) is 6. The van der Waals surface area contributed by atoms with E-state index in [4.69, 9.17) is 0 Å². The van der Waals surface area contributed by atoms with Crippen molar-refractivity contribution in [2.45, 2.75) is 55.8 Å². The fraction of sp³-hybridized carbons (Fsp3) is 0.643. The molecule has 2 aliphatic rings. The van der Waals surface area contributed by atoms with E-state index in [9.17, 15) is 4.79 Å². The molecule has 1 N–H and O–H groups in total. The normalized spacial score (nSPS) is 18.4. The van der Waals surface area contributed by atoms with Crippen molar-refractivity contribution in [1.29, 1.82) is 0 Å². The van der Waals surface area contributed by atoms with Crippen molar-refractivity contribution in [3.63, 3.8) is 0 Å². The van der Waals surface area contributed by atoms with Gasteiger partial charge >= 0.3 is 0 Å². The molecule has 2 aliphatic carbocycles. The Morgan fingerprint density at radius 3 is 2.78 bits per heavy atom. The van der Waals surface area contributed by atoms with Gasteiger partial charge in [-0.25, -0.2) is 9.36 Å². The lowest BCUT2D eigenvalue weighted by Gasteiger charge is -2.14. The molecule has 0 atom stereocenters. The summed E-state index contributed by atoms with van der Waals surface area (Å²) in [6, 6.07) is 2.68. The largest absolute Gasteiger partial charge is 0.310 e. The number of aromatic nitrogens is 6. The second-order valence-electron chi connectivity index (χ2n) is 6.07. The molecule has 2 fully saturated rings. The monoisotopic (exact) mass is 333 g/mol. The molecule has 2 aromatic heterocycles. The maximum absolute atomic E-state index is 12.2. The van der Waals surface area contributed by atoms with E-state index >= 15 is 0 Å². The number of carbonyl (C=O) groups excluding carboxylic acids is 1. The van der Waals surface area contributed by atoms with Crippen molar-refractivity contribution in [2.75, 3.05) is 11.1 Å². The van der Waals surface area contributed by atoms with Crippen LogP contribution in [0.15, 0.2) is 17.4 Å². The zero-order valence-electron chi connectivity index (χ0n) is 12.8. The van der Waals surface area contributed by atoms with Gasteiger partial charge < -0.3 is 5.32 Å². The van der Waals surface area contributed by atoms with Crippen LogP contribution in [0.3, 0.4) is 0 Å². The molecular formula is C14H19N7OS. The standard InChI is InChI=1S/C14H19N7OS/c22-13(9-23-14-17-18-19-21(14)11-5-6-11)16-12-7-8-15-20(12)10-3-1-2-4-10/h7-8,10-11H,1-6,9H2,(H,16,22). The van der Waals surface area contributed by atoms with Gasteiger partial charge in [-0.2, -0.15) is 5.10 Å². The lowest BCUT2D eigenvalue weighted by molar-refractivity contribution is -0.113. The Labute approximate surface area is 138 Å². The molecule has 1 amide bonds. The van der Waals surface area contributed by atoms with E-state index in [2.05, 4.69) is 25.9 Å². The van der Waals surface area contributed by atoms with Gasteiger partial charge in [0.1, 0.15) is 5.82 Å². The SMILES string of the molecule is O=C(CSc1nnnn1C1CC1)Nc1ccnn1C1CCCC1. The van der Waals surface area contributed by atoms with Crippen molar-refractivity contribution < 1.29 is 4.79 Å². The highest BCUT2D eigenvalue weighted by Crippen LogP contribution is 2.36. The number of tetrazole rings is 1. The van der Waals surface area contributed by atoms with E-state index in [0.717, 1.165) is 31.5 Å². The first-order chi connectivity index (χ1) is 11.3. The summed E-state index contributed by atoms with van der Waals surface area (Å²) >= 11 is 1.38. The van der Waals surface area contributed by atoms with Crippen molar-refractivity contribution >= 4 is 23.5 Å². The summed E-state index contributed by atoms with van der Waals surface area (Å²) in [5, 5.41) is 19.7. The Hall–Kier alpha value is -1.90. The number of amides is 1. The molecule has 23 heavy (non-hydrogen) atoms. The minimum Gasteiger partial charge on any atom is -0.310 e. The van der Waals surface area contributed by atoms with E-state index in [1.54, 1.807) is 6.20 Å². The van der Waals surface area contributed by atoms with Crippen molar-refractivity contribution in [3.05, 3.63) is 12.3 Å². The minimum atomic E-state index is -0.0555. The van der Waals surface area contributed by atoms with Gasteiger partial charge in [0.2, 0.25) is 11.1 Å². The van der Waals surface area contributed by atoms with E-state index in [1.165, 1.54) is 24.6 Å². The number of hydrogen-bond donors (Lipinski definition) is 1. The number of thioether (sulfide) groups is 1. The summed E-state index contributed by atoms with van der Waals surface area (Å²) in [6.07, 6.45) is 8.71. The highest BCUT2D eigenvalue weighted by molar-refractivity contribution is 7.99. The average molecular weight is 333 g/mol. The molecule has 0 radical (unpaired) electrons. The third-order valence-electron chi connectivity index (χ3n) is 4.30. The van der Waals surface area contributed by atoms with Gasteiger partial charge in [-0.15, -0.1) is 5.10 Å². The molecule has 2 saturated carbocycles. The predicted molar refractivity (Wildman–Crippen MR) is 85.2 cm³/mol. The third kappa shape index (κ3) is 3.24. The zero-order chi connectivity index (χ0) is 15.6. The van der Waals surface area contributed by atoms with Gasteiger partial charge in [-0.05, 0) is 36.1 Å². The van der Waals surface area contributed by atoms with Gasteiger partial charge in [-0.1, -0.05) is 24.6 Å². The number of rotatable bonds is 6. The van der Waals surface area contributed by atoms with Crippen LogP contribution in [-0.2, 0) is 4.79 Å². The molecule has 4 rings (SSSR count). The molecule has 0 unspecified atom stereocenters. The Kier molecular flexibility index (Phi) is 4.02. The van der Waals surface area contributed by atoms with E-state index in [0.29, 0.717) is 23.0 Å².